The monoisotopic (exact) mass is 258 g/mol. The molecule has 19 heavy (non-hydrogen) atoms. The summed E-state index contributed by atoms with van der Waals surface area (Å²) in [5, 5.41) is 8.18. The lowest BCUT2D eigenvalue weighted by atomic mass is 10.1. The maximum atomic E-state index is 5.78. The summed E-state index contributed by atoms with van der Waals surface area (Å²) in [6, 6.07) is 7.76. The van der Waals surface area contributed by atoms with Crippen molar-refractivity contribution in [2.45, 2.75) is 45.1 Å². The molecule has 1 aliphatic carbocycles. The first-order chi connectivity index (χ1) is 9.01. The van der Waals surface area contributed by atoms with Gasteiger partial charge in [0.1, 0.15) is 11.4 Å². The van der Waals surface area contributed by atoms with Gasteiger partial charge in [-0.1, -0.05) is 0 Å². The van der Waals surface area contributed by atoms with E-state index >= 15 is 0 Å². The molecule has 1 saturated carbocycles. The number of aromatic nitrogens is 2. The van der Waals surface area contributed by atoms with Crippen molar-refractivity contribution in [1.82, 2.24) is 10.2 Å². The average molecular weight is 258 g/mol. The minimum atomic E-state index is -0.189. The predicted molar refractivity (Wildman–Crippen MR) is 72.1 cm³/mol. The number of nitrogens with zero attached hydrogens (tertiary/aromatic N) is 2. The zero-order chi connectivity index (χ0) is 13.5. The van der Waals surface area contributed by atoms with Gasteiger partial charge >= 0.3 is 0 Å². The van der Waals surface area contributed by atoms with E-state index in [-0.39, 0.29) is 5.60 Å². The van der Waals surface area contributed by atoms with Crippen molar-refractivity contribution in [1.29, 1.82) is 0 Å². The quantitative estimate of drug-likeness (QED) is 0.840. The summed E-state index contributed by atoms with van der Waals surface area (Å²) in [6.07, 6.45) is 2.33. The summed E-state index contributed by atoms with van der Waals surface area (Å²) >= 11 is 0. The van der Waals surface area contributed by atoms with Crippen molar-refractivity contribution in [3.8, 4) is 17.2 Å². The molecule has 4 heteroatoms. The summed E-state index contributed by atoms with van der Waals surface area (Å²) in [5.74, 6) is 2.69. The number of benzene rings is 1. The van der Waals surface area contributed by atoms with Crippen LogP contribution in [0.1, 0.15) is 45.4 Å². The SMILES string of the molecule is CC(C)(C)Oc1ccc(-c2nnc(C3CC3)o2)cc1. The molecule has 0 N–H and O–H groups in total. The number of ether oxygens (including phenoxy) is 1. The molecule has 0 atom stereocenters. The van der Waals surface area contributed by atoms with Gasteiger partial charge in [-0.05, 0) is 57.9 Å². The fraction of sp³-hybridized carbons (Fsp3) is 0.467. The highest BCUT2D eigenvalue weighted by atomic mass is 16.5. The van der Waals surface area contributed by atoms with Crippen LogP contribution in [0.2, 0.25) is 0 Å². The van der Waals surface area contributed by atoms with Crippen LogP contribution in [-0.4, -0.2) is 15.8 Å². The fourth-order valence-corrected chi connectivity index (χ4v) is 1.87. The minimum absolute atomic E-state index is 0.189. The highest BCUT2D eigenvalue weighted by molar-refractivity contribution is 5.54. The summed E-state index contributed by atoms with van der Waals surface area (Å²) in [5.41, 5.74) is 0.742. The summed E-state index contributed by atoms with van der Waals surface area (Å²) in [6.45, 7) is 6.09. The second-order valence-electron chi connectivity index (χ2n) is 5.96. The molecular weight excluding hydrogens is 240 g/mol. The highest BCUT2D eigenvalue weighted by Crippen LogP contribution is 2.40. The molecule has 0 radical (unpaired) electrons. The summed E-state index contributed by atoms with van der Waals surface area (Å²) < 4.78 is 11.5. The zero-order valence-corrected chi connectivity index (χ0v) is 11.5. The van der Waals surface area contributed by atoms with Gasteiger partial charge in [-0.3, -0.25) is 0 Å². The third-order valence-electron chi connectivity index (χ3n) is 2.89. The molecule has 0 bridgehead atoms. The van der Waals surface area contributed by atoms with Gasteiger partial charge in [0.05, 0.1) is 0 Å². The van der Waals surface area contributed by atoms with Crippen molar-refractivity contribution < 1.29 is 9.15 Å². The van der Waals surface area contributed by atoms with E-state index in [1.807, 2.05) is 45.0 Å². The standard InChI is InChI=1S/C15H18N2O2/c1-15(2,3)19-12-8-6-11(7-9-12)14-17-16-13(18-14)10-4-5-10/h6-10H,4-5H2,1-3H3. The van der Waals surface area contributed by atoms with Gasteiger partial charge in [0.15, 0.2) is 0 Å². The van der Waals surface area contributed by atoms with Gasteiger partial charge in [-0.25, -0.2) is 0 Å². The normalized spacial score (nSPS) is 15.5. The van der Waals surface area contributed by atoms with Crippen LogP contribution in [0.5, 0.6) is 5.75 Å². The Morgan fingerprint density at radius 2 is 1.79 bits per heavy atom. The van der Waals surface area contributed by atoms with Gasteiger partial charge in [-0.2, -0.15) is 0 Å². The average Bonchev–Trinajstić information content (AvgIpc) is 3.07. The molecule has 3 rings (SSSR count). The highest BCUT2D eigenvalue weighted by Gasteiger charge is 2.29. The van der Waals surface area contributed by atoms with Gasteiger partial charge in [0.2, 0.25) is 11.8 Å². The maximum absolute atomic E-state index is 5.78. The third kappa shape index (κ3) is 2.95. The number of rotatable bonds is 3. The van der Waals surface area contributed by atoms with E-state index < -0.39 is 0 Å². The number of hydrogen-bond donors (Lipinski definition) is 0. The lowest BCUT2D eigenvalue weighted by Gasteiger charge is -2.21. The van der Waals surface area contributed by atoms with Crippen molar-refractivity contribution >= 4 is 0 Å². The molecule has 1 heterocycles. The summed E-state index contributed by atoms with van der Waals surface area (Å²) in [7, 11) is 0. The van der Waals surface area contributed by atoms with Crippen molar-refractivity contribution in [2.24, 2.45) is 0 Å². The Bertz CT molecular complexity index is 563. The van der Waals surface area contributed by atoms with Crippen LogP contribution in [0.25, 0.3) is 11.5 Å². The summed E-state index contributed by atoms with van der Waals surface area (Å²) in [4.78, 5) is 0. The molecule has 1 aliphatic rings. The molecule has 1 aromatic carbocycles. The Labute approximate surface area is 112 Å². The number of hydrogen-bond acceptors (Lipinski definition) is 4. The molecule has 0 spiro atoms. The van der Waals surface area contributed by atoms with Crippen LogP contribution in [0, 0.1) is 0 Å². The molecule has 0 aliphatic heterocycles. The van der Waals surface area contributed by atoms with E-state index in [1.165, 1.54) is 12.8 Å². The van der Waals surface area contributed by atoms with Gasteiger partial charge in [0.25, 0.3) is 0 Å². The first-order valence-corrected chi connectivity index (χ1v) is 6.64. The van der Waals surface area contributed by atoms with E-state index in [0.29, 0.717) is 11.8 Å². The topological polar surface area (TPSA) is 48.2 Å². The van der Waals surface area contributed by atoms with E-state index in [9.17, 15) is 0 Å². The van der Waals surface area contributed by atoms with E-state index in [1.54, 1.807) is 0 Å². The second-order valence-corrected chi connectivity index (χ2v) is 5.96. The van der Waals surface area contributed by atoms with E-state index in [2.05, 4.69) is 10.2 Å². The van der Waals surface area contributed by atoms with Crippen LogP contribution < -0.4 is 4.74 Å². The zero-order valence-electron chi connectivity index (χ0n) is 11.5. The molecule has 100 valence electrons. The molecule has 0 unspecified atom stereocenters. The van der Waals surface area contributed by atoms with Crippen LogP contribution >= 0.6 is 0 Å². The Morgan fingerprint density at radius 1 is 1.11 bits per heavy atom. The Balaban J connectivity index is 1.77. The molecule has 1 aromatic heterocycles. The Hall–Kier alpha value is -1.84. The Kier molecular flexibility index (Phi) is 2.81. The van der Waals surface area contributed by atoms with Crippen LogP contribution in [0.4, 0.5) is 0 Å². The predicted octanol–water partition coefficient (Wildman–Crippen LogP) is 3.79. The van der Waals surface area contributed by atoms with Crippen molar-refractivity contribution in [3.63, 3.8) is 0 Å². The van der Waals surface area contributed by atoms with Crippen molar-refractivity contribution in [2.75, 3.05) is 0 Å². The van der Waals surface area contributed by atoms with Crippen molar-refractivity contribution in [3.05, 3.63) is 30.2 Å². The first kappa shape index (κ1) is 12.2. The van der Waals surface area contributed by atoms with Gasteiger partial charge < -0.3 is 9.15 Å². The van der Waals surface area contributed by atoms with Gasteiger partial charge in [0, 0.05) is 11.5 Å². The third-order valence-corrected chi connectivity index (χ3v) is 2.89. The first-order valence-electron chi connectivity index (χ1n) is 6.64. The maximum Gasteiger partial charge on any atom is 0.247 e. The van der Waals surface area contributed by atoms with Crippen LogP contribution in [0.15, 0.2) is 28.7 Å². The molecular formula is C15H18N2O2. The molecule has 4 nitrogen and oxygen atoms in total. The molecule has 0 saturated heterocycles. The fourth-order valence-electron chi connectivity index (χ4n) is 1.87. The lowest BCUT2D eigenvalue weighted by Crippen LogP contribution is -2.22. The smallest absolute Gasteiger partial charge is 0.247 e. The molecule has 0 amide bonds. The van der Waals surface area contributed by atoms with Crippen LogP contribution in [-0.2, 0) is 0 Å². The molecule has 2 aromatic rings. The van der Waals surface area contributed by atoms with E-state index in [4.69, 9.17) is 9.15 Å². The molecule has 1 fully saturated rings. The second kappa shape index (κ2) is 4.37. The minimum Gasteiger partial charge on any atom is -0.488 e. The lowest BCUT2D eigenvalue weighted by molar-refractivity contribution is 0.131. The Morgan fingerprint density at radius 3 is 2.37 bits per heavy atom. The van der Waals surface area contributed by atoms with E-state index in [0.717, 1.165) is 17.2 Å². The van der Waals surface area contributed by atoms with Crippen LogP contribution in [0.3, 0.4) is 0 Å². The largest absolute Gasteiger partial charge is 0.488 e. The van der Waals surface area contributed by atoms with Gasteiger partial charge in [-0.15, -0.1) is 10.2 Å².